The molecule has 0 aromatic carbocycles. The quantitative estimate of drug-likeness (QED) is 0.772. The average Bonchev–Trinajstić information content (AvgIpc) is 3.17. The summed E-state index contributed by atoms with van der Waals surface area (Å²) < 4.78 is 11.0. The molecule has 1 aromatic heterocycles. The van der Waals surface area contributed by atoms with E-state index in [0.29, 0.717) is 30.3 Å². The molecule has 1 amide bonds. The molecular formula is C16H26N2O3. The third kappa shape index (κ3) is 4.58. The molecule has 118 valence electrons. The Kier molecular flexibility index (Phi) is 6.26. The zero-order valence-electron chi connectivity index (χ0n) is 12.8. The number of carbonyl (C=O) groups excluding carboxylic acids is 1. The number of hydrogen-bond donors (Lipinski definition) is 2. The summed E-state index contributed by atoms with van der Waals surface area (Å²) in [5, 5.41) is 2.93. The lowest BCUT2D eigenvalue weighted by Crippen LogP contribution is -2.30. The van der Waals surface area contributed by atoms with Gasteiger partial charge >= 0.3 is 0 Å². The second-order valence-corrected chi connectivity index (χ2v) is 5.59. The van der Waals surface area contributed by atoms with Crippen LogP contribution < -0.4 is 11.1 Å². The smallest absolute Gasteiger partial charge is 0.254 e. The summed E-state index contributed by atoms with van der Waals surface area (Å²) in [6.45, 7) is 3.70. The fourth-order valence-corrected chi connectivity index (χ4v) is 3.04. The monoisotopic (exact) mass is 294 g/mol. The summed E-state index contributed by atoms with van der Waals surface area (Å²) in [6, 6.07) is 1.69. The lowest BCUT2D eigenvalue weighted by atomic mass is 9.98. The van der Waals surface area contributed by atoms with E-state index in [0.717, 1.165) is 13.0 Å². The van der Waals surface area contributed by atoms with Crippen LogP contribution >= 0.6 is 0 Å². The van der Waals surface area contributed by atoms with E-state index in [2.05, 4.69) is 5.32 Å². The Morgan fingerprint density at radius 3 is 2.90 bits per heavy atom. The van der Waals surface area contributed by atoms with Crippen LogP contribution in [0.3, 0.4) is 0 Å². The molecule has 21 heavy (non-hydrogen) atoms. The molecular weight excluding hydrogens is 268 g/mol. The van der Waals surface area contributed by atoms with Crippen LogP contribution in [0.25, 0.3) is 0 Å². The van der Waals surface area contributed by atoms with Gasteiger partial charge in [0, 0.05) is 13.2 Å². The summed E-state index contributed by atoms with van der Waals surface area (Å²) in [4.78, 5) is 12.0. The molecule has 1 unspecified atom stereocenters. The molecule has 1 aliphatic rings. The molecule has 0 radical (unpaired) electrons. The predicted molar refractivity (Wildman–Crippen MR) is 80.9 cm³/mol. The number of carbonyl (C=O) groups is 1. The Hall–Kier alpha value is -1.33. The maximum Gasteiger partial charge on any atom is 0.254 e. The van der Waals surface area contributed by atoms with Gasteiger partial charge < -0.3 is 20.2 Å². The summed E-state index contributed by atoms with van der Waals surface area (Å²) in [7, 11) is 0. The van der Waals surface area contributed by atoms with Crippen molar-refractivity contribution in [2.45, 2.75) is 51.7 Å². The second kappa shape index (κ2) is 8.20. The van der Waals surface area contributed by atoms with Crippen molar-refractivity contribution < 1.29 is 13.9 Å². The predicted octanol–water partition coefficient (Wildman–Crippen LogP) is 2.45. The van der Waals surface area contributed by atoms with Gasteiger partial charge in [0.05, 0.1) is 18.2 Å². The van der Waals surface area contributed by atoms with E-state index >= 15 is 0 Å². The third-order valence-electron chi connectivity index (χ3n) is 4.14. The molecule has 5 heteroatoms. The molecule has 1 saturated carbocycles. The first-order chi connectivity index (χ1) is 10.2. The van der Waals surface area contributed by atoms with Gasteiger partial charge in [-0.05, 0) is 38.2 Å². The Bertz CT molecular complexity index is 438. The van der Waals surface area contributed by atoms with Gasteiger partial charge in [0.1, 0.15) is 12.0 Å². The normalized spacial score (nSPS) is 17.0. The van der Waals surface area contributed by atoms with Gasteiger partial charge in [-0.3, -0.25) is 4.79 Å². The van der Waals surface area contributed by atoms with Crippen molar-refractivity contribution in [3.05, 3.63) is 23.7 Å². The first-order valence-electron chi connectivity index (χ1n) is 7.91. The Morgan fingerprint density at radius 2 is 2.29 bits per heavy atom. The third-order valence-corrected chi connectivity index (χ3v) is 4.14. The summed E-state index contributed by atoms with van der Waals surface area (Å²) >= 11 is 0. The number of hydrogen-bond acceptors (Lipinski definition) is 4. The fraction of sp³-hybridized carbons (Fsp3) is 0.688. The van der Waals surface area contributed by atoms with Crippen molar-refractivity contribution in [1.82, 2.24) is 5.32 Å². The van der Waals surface area contributed by atoms with E-state index in [4.69, 9.17) is 14.9 Å². The van der Waals surface area contributed by atoms with Crippen molar-refractivity contribution in [3.63, 3.8) is 0 Å². The number of nitrogens with two attached hydrogens (primary N) is 1. The van der Waals surface area contributed by atoms with Crippen LogP contribution in [0.4, 0.5) is 0 Å². The van der Waals surface area contributed by atoms with Crippen molar-refractivity contribution in [2.75, 3.05) is 13.2 Å². The Balaban J connectivity index is 1.77. The molecule has 3 N–H and O–H groups in total. The number of amides is 1. The minimum absolute atomic E-state index is 0.111. The minimum Gasteiger partial charge on any atom is -0.467 e. The molecule has 1 atom stereocenters. The lowest BCUT2D eigenvalue weighted by Gasteiger charge is -2.23. The van der Waals surface area contributed by atoms with Crippen LogP contribution in [0.1, 0.15) is 55.1 Å². The van der Waals surface area contributed by atoms with E-state index in [-0.39, 0.29) is 12.0 Å². The zero-order valence-corrected chi connectivity index (χ0v) is 12.8. The standard InChI is InChI=1S/C16H26N2O3/c1-2-20-15(12-5-3-4-6-12)7-8-18-16(19)13-9-14(10-17)21-11-13/h9,11-12,15H,2-8,10,17H2,1H3,(H,18,19). The van der Waals surface area contributed by atoms with Crippen molar-refractivity contribution >= 4 is 5.91 Å². The second-order valence-electron chi connectivity index (χ2n) is 5.59. The molecule has 0 saturated heterocycles. The van der Waals surface area contributed by atoms with Crippen molar-refractivity contribution in [3.8, 4) is 0 Å². The van der Waals surface area contributed by atoms with Gasteiger partial charge in [0.15, 0.2) is 0 Å². The highest BCUT2D eigenvalue weighted by molar-refractivity contribution is 5.93. The number of nitrogens with one attached hydrogen (secondary N) is 1. The molecule has 0 aliphatic heterocycles. The molecule has 2 rings (SSSR count). The van der Waals surface area contributed by atoms with Crippen molar-refractivity contribution in [2.24, 2.45) is 11.7 Å². The highest BCUT2D eigenvalue weighted by Gasteiger charge is 2.25. The molecule has 0 spiro atoms. The van der Waals surface area contributed by atoms with Crippen LogP contribution in [0, 0.1) is 5.92 Å². The topological polar surface area (TPSA) is 77.5 Å². The van der Waals surface area contributed by atoms with E-state index in [1.807, 2.05) is 6.92 Å². The van der Waals surface area contributed by atoms with E-state index < -0.39 is 0 Å². The van der Waals surface area contributed by atoms with Gasteiger partial charge in [-0.2, -0.15) is 0 Å². The average molecular weight is 294 g/mol. The largest absolute Gasteiger partial charge is 0.467 e. The number of rotatable bonds is 8. The summed E-state index contributed by atoms with van der Waals surface area (Å²) in [6.07, 6.45) is 7.69. The first-order valence-corrected chi connectivity index (χ1v) is 7.91. The number of furan rings is 1. The van der Waals surface area contributed by atoms with Gasteiger partial charge in [0.25, 0.3) is 5.91 Å². The van der Waals surface area contributed by atoms with E-state index in [1.165, 1.54) is 31.9 Å². The molecule has 0 bridgehead atoms. The van der Waals surface area contributed by atoms with Crippen LogP contribution in [-0.2, 0) is 11.3 Å². The molecule has 1 aliphatic carbocycles. The zero-order chi connectivity index (χ0) is 15.1. The fourth-order valence-electron chi connectivity index (χ4n) is 3.04. The first kappa shape index (κ1) is 16.0. The Morgan fingerprint density at radius 1 is 1.52 bits per heavy atom. The highest BCUT2D eigenvalue weighted by Crippen LogP contribution is 2.30. The van der Waals surface area contributed by atoms with Crippen LogP contribution in [0.5, 0.6) is 0 Å². The lowest BCUT2D eigenvalue weighted by molar-refractivity contribution is 0.0163. The van der Waals surface area contributed by atoms with Crippen LogP contribution in [-0.4, -0.2) is 25.2 Å². The maximum absolute atomic E-state index is 12.0. The van der Waals surface area contributed by atoms with Crippen molar-refractivity contribution in [1.29, 1.82) is 0 Å². The highest BCUT2D eigenvalue weighted by atomic mass is 16.5. The minimum atomic E-state index is -0.111. The number of ether oxygens (including phenoxy) is 1. The molecule has 1 fully saturated rings. The van der Waals surface area contributed by atoms with E-state index in [1.54, 1.807) is 6.07 Å². The van der Waals surface area contributed by atoms with Gasteiger partial charge in [-0.1, -0.05) is 12.8 Å². The Labute approximate surface area is 126 Å². The van der Waals surface area contributed by atoms with Gasteiger partial charge in [0.2, 0.25) is 0 Å². The van der Waals surface area contributed by atoms with Crippen LogP contribution in [0.15, 0.2) is 16.7 Å². The maximum atomic E-state index is 12.0. The molecule has 1 heterocycles. The molecule has 5 nitrogen and oxygen atoms in total. The SMILES string of the molecule is CCOC(CCNC(=O)c1coc(CN)c1)C1CCCC1. The van der Waals surface area contributed by atoms with Crippen LogP contribution in [0.2, 0.25) is 0 Å². The molecule has 1 aromatic rings. The summed E-state index contributed by atoms with van der Waals surface area (Å²) in [5.41, 5.74) is 6.00. The van der Waals surface area contributed by atoms with E-state index in [9.17, 15) is 4.79 Å². The van der Waals surface area contributed by atoms with Gasteiger partial charge in [-0.25, -0.2) is 0 Å². The van der Waals surface area contributed by atoms with Gasteiger partial charge in [-0.15, -0.1) is 0 Å². The summed E-state index contributed by atoms with van der Waals surface area (Å²) in [5.74, 6) is 1.16.